The molecule has 0 aliphatic heterocycles. The van der Waals surface area contributed by atoms with E-state index < -0.39 is 0 Å². The standard InChI is InChI=1S/C11H11N3O3/c1-17-7-10-13-12-6-11(16)14(10)8-4-2-3-5-9(8)15/h2-6,15H,7H2,1H3. The van der Waals surface area contributed by atoms with Crippen molar-refractivity contribution in [1.29, 1.82) is 0 Å². The number of ether oxygens (including phenoxy) is 1. The van der Waals surface area contributed by atoms with Gasteiger partial charge in [-0.3, -0.25) is 9.36 Å². The van der Waals surface area contributed by atoms with Gasteiger partial charge in [0.2, 0.25) is 0 Å². The van der Waals surface area contributed by atoms with Gasteiger partial charge in [0.25, 0.3) is 5.56 Å². The maximum absolute atomic E-state index is 11.8. The second-order valence-corrected chi connectivity index (χ2v) is 3.36. The van der Waals surface area contributed by atoms with Crippen molar-refractivity contribution in [3.05, 3.63) is 46.6 Å². The van der Waals surface area contributed by atoms with Crippen molar-refractivity contribution >= 4 is 0 Å². The fourth-order valence-corrected chi connectivity index (χ4v) is 1.51. The van der Waals surface area contributed by atoms with Crippen LogP contribution in [0.3, 0.4) is 0 Å². The Morgan fingerprint density at radius 2 is 2.18 bits per heavy atom. The molecular weight excluding hydrogens is 222 g/mol. The summed E-state index contributed by atoms with van der Waals surface area (Å²) >= 11 is 0. The van der Waals surface area contributed by atoms with Gasteiger partial charge in [-0.1, -0.05) is 12.1 Å². The first-order valence-electron chi connectivity index (χ1n) is 4.95. The quantitative estimate of drug-likeness (QED) is 0.834. The Labute approximate surface area is 97.1 Å². The lowest BCUT2D eigenvalue weighted by Crippen LogP contribution is -2.24. The number of benzene rings is 1. The predicted octanol–water partition coefficient (Wildman–Crippen LogP) is 0.479. The summed E-state index contributed by atoms with van der Waals surface area (Å²) < 4.78 is 6.21. The van der Waals surface area contributed by atoms with Crippen LogP contribution in [0, 0.1) is 0 Å². The van der Waals surface area contributed by atoms with E-state index in [0.717, 1.165) is 6.20 Å². The van der Waals surface area contributed by atoms with E-state index in [9.17, 15) is 9.90 Å². The summed E-state index contributed by atoms with van der Waals surface area (Å²) in [6, 6.07) is 6.52. The smallest absolute Gasteiger partial charge is 0.277 e. The first-order chi connectivity index (χ1) is 8.24. The molecular formula is C11H11N3O3. The molecule has 0 unspecified atom stereocenters. The highest BCUT2D eigenvalue weighted by Crippen LogP contribution is 2.19. The number of hydrogen-bond acceptors (Lipinski definition) is 5. The number of para-hydroxylation sites is 2. The normalized spacial score (nSPS) is 10.4. The molecule has 0 amide bonds. The molecule has 0 bridgehead atoms. The van der Waals surface area contributed by atoms with Crippen molar-refractivity contribution in [2.45, 2.75) is 6.61 Å². The maximum atomic E-state index is 11.8. The van der Waals surface area contributed by atoms with Crippen molar-refractivity contribution in [3.8, 4) is 11.4 Å². The molecule has 0 saturated heterocycles. The molecule has 2 rings (SSSR count). The first kappa shape index (κ1) is 11.3. The summed E-state index contributed by atoms with van der Waals surface area (Å²) in [4.78, 5) is 11.8. The second-order valence-electron chi connectivity index (χ2n) is 3.36. The third kappa shape index (κ3) is 2.16. The molecule has 2 aromatic rings. The molecule has 88 valence electrons. The molecule has 0 saturated carbocycles. The number of rotatable bonds is 3. The van der Waals surface area contributed by atoms with Crippen LogP contribution in [0.25, 0.3) is 5.69 Å². The molecule has 1 heterocycles. The van der Waals surface area contributed by atoms with E-state index in [4.69, 9.17) is 4.74 Å². The Kier molecular flexibility index (Phi) is 3.15. The predicted molar refractivity (Wildman–Crippen MR) is 60.0 cm³/mol. The fourth-order valence-electron chi connectivity index (χ4n) is 1.51. The maximum Gasteiger partial charge on any atom is 0.277 e. The molecule has 6 heteroatoms. The van der Waals surface area contributed by atoms with Gasteiger partial charge >= 0.3 is 0 Å². The minimum atomic E-state index is -0.367. The molecule has 1 aromatic carbocycles. The molecule has 1 aromatic heterocycles. The molecule has 17 heavy (non-hydrogen) atoms. The van der Waals surface area contributed by atoms with Crippen molar-refractivity contribution in [3.63, 3.8) is 0 Å². The average Bonchev–Trinajstić information content (AvgIpc) is 2.31. The summed E-state index contributed by atoms with van der Waals surface area (Å²) in [5.41, 5.74) is -0.00648. The van der Waals surface area contributed by atoms with Gasteiger partial charge in [-0.05, 0) is 12.1 Å². The largest absolute Gasteiger partial charge is 0.506 e. The van der Waals surface area contributed by atoms with Crippen LogP contribution >= 0.6 is 0 Å². The zero-order valence-corrected chi connectivity index (χ0v) is 9.20. The summed E-state index contributed by atoms with van der Waals surface area (Å²) in [7, 11) is 1.49. The van der Waals surface area contributed by atoms with Crippen LogP contribution < -0.4 is 5.56 Å². The lowest BCUT2D eigenvalue weighted by molar-refractivity contribution is 0.174. The Bertz CT molecular complexity index is 580. The van der Waals surface area contributed by atoms with E-state index in [1.165, 1.54) is 17.7 Å². The van der Waals surface area contributed by atoms with Gasteiger partial charge in [0.05, 0.1) is 5.69 Å². The van der Waals surface area contributed by atoms with E-state index in [0.29, 0.717) is 11.5 Å². The van der Waals surface area contributed by atoms with Gasteiger partial charge in [0.1, 0.15) is 18.6 Å². The zero-order valence-electron chi connectivity index (χ0n) is 9.20. The van der Waals surface area contributed by atoms with Crippen molar-refractivity contribution < 1.29 is 9.84 Å². The Morgan fingerprint density at radius 1 is 1.41 bits per heavy atom. The third-order valence-electron chi connectivity index (χ3n) is 2.22. The number of phenolic OH excluding ortho intramolecular Hbond substituents is 1. The molecule has 0 aliphatic carbocycles. The molecule has 0 fully saturated rings. The van der Waals surface area contributed by atoms with Gasteiger partial charge < -0.3 is 9.84 Å². The van der Waals surface area contributed by atoms with Crippen molar-refractivity contribution in [1.82, 2.24) is 14.8 Å². The summed E-state index contributed by atoms with van der Waals surface area (Å²) in [5.74, 6) is 0.335. The lowest BCUT2D eigenvalue weighted by atomic mass is 10.3. The summed E-state index contributed by atoms with van der Waals surface area (Å²) in [6.07, 6.45) is 1.09. The van der Waals surface area contributed by atoms with E-state index >= 15 is 0 Å². The van der Waals surface area contributed by atoms with Crippen molar-refractivity contribution in [2.75, 3.05) is 7.11 Å². The van der Waals surface area contributed by atoms with Gasteiger partial charge in [-0.2, -0.15) is 5.10 Å². The Balaban J connectivity index is 2.66. The summed E-state index contributed by atoms with van der Waals surface area (Å²) in [6.45, 7) is 0.136. The van der Waals surface area contributed by atoms with Gasteiger partial charge in [0, 0.05) is 7.11 Å². The SMILES string of the molecule is COCc1nncc(=O)n1-c1ccccc1O. The number of nitrogens with zero attached hydrogens (tertiary/aromatic N) is 3. The number of hydrogen-bond donors (Lipinski definition) is 1. The van der Waals surface area contributed by atoms with Gasteiger partial charge in [0.15, 0.2) is 5.82 Å². The van der Waals surface area contributed by atoms with Crippen LogP contribution in [0.4, 0.5) is 0 Å². The number of aromatic hydroxyl groups is 1. The summed E-state index contributed by atoms with van der Waals surface area (Å²) in [5, 5.41) is 17.1. The fraction of sp³-hybridized carbons (Fsp3) is 0.182. The van der Waals surface area contributed by atoms with Crippen LogP contribution in [-0.2, 0) is 11.3 Å². The van der Waals surface area contributed by atoms with E-state index in [-0.39, 0.29) is 17.9 Å². The van der Waals surface area contributed by atoms with Crippen molar-refractivity contribution in [2.24, 2.45) is 0 Å². The minimum Gasteiger partial charge on any atom is -0.506 e. The van der Waals surface area contributed by atoms with E-state index in [2.05, 4.69) is 10.2 Å². The first-order valence-corrected chi connectivity index (χ1v) is 4.95. The number of phenols is 1. The highest BCUT2D eigenvalue weighted by Gasteiger charge is 2.11. The minimum absolute atomic E-state index is 0.0000435. The second kappa shape index (κ2) is 4.75. The van der Waals surface area contributed by atoms with Crippen LogP contribution in [0.15, 0.2) is 35.3 Å². The Hall–Kier alpha value is -2.21. The molecule has 0 aliphatic rings. The highest BCUT2D eigenvalue weighted by molar-refractivity contribution is 5.45. The zero-order chi connectivity index (χ0) is 12.3. The lowest BCUT2D eigenvalue weighted by Gasteiger charge is -2.10. The molecule has 6 nitrogen and oxygen atoms in total. The molecule has 0 atom stereocenters. The van der Waals surface area contributed by atoms with Crippen LogP contribution in [0.2, 0.25) is 0 Å². The van der Waals surface area contributed by atoms with Crippen LogP contribution in [0.1, 0.15) is 5.82 Å². The van der Waals surface area contributed by atoms with Gasteiger partial charge in [-0.15, -0.1) is 5.10 Å². The van der Waals surface area contributed by atoms with Gasteiger partial charge in [-0.25, -0.2) is 0 Å². The number of aromatic nitrogens is 3. The third-order valence-corrected chi connectivity index (χ3v) is 2.22. The molecule has 0 spiro atoms. The topological polar surface area (TPSA) is 77.2 Å². The van der Waals surface area contributed by atoms with E-state index in [1.54, 1.807) is 18.2 Å². The molecule has 1 N–H and O–H groups in total. The number of methoxy groups -OCH3 is 1. The van der Waals surface area contributed by atoms with Crippen LogP contribution in [-0.4, -0.2) is 27.0 Å². The monoisotopic (exact) mass is 233 g/mol. The van der Waals surface area contributed by atoms with E-state index in [1.807, 2.05) is 0 Å². The average molecular weight is 233 g/mol. The van der Waals surface area contributed by atoms with Crippen LogP contribution in [0.5, 0.6) is 5.75 Å². The highest BCUT2D eigenvalue weighted by atomic mass is 16.5. The molecule has 0 radical (unpaired) electrons. The Morgan fingerprint density at radius 3 is 2.88 bits per heavy atom.